The number of rotatable bonds is 4. The molecule has 0 saturated carbocycles. The average Bonchev–Trinajstić information content (AvgIpc) is 3.11. The average molecular weight is 343 g/mol. The fourth-order valence-corrected chi connectivity index (χ4v) is 2.28. The van der Waals surface area contributed by atoms with Crippen molar-refractivity contribution in [3.8, 4) is 11.4 Å². The second kappa shape index (κ2) is 6.72. The van der Waals surface area contributed by atoms with Crippen LogP contribution in [0.1, 0.15) is 10.6 Å². The Kier molecular flexibility index (Phi) is 4.48. The molecule has 0 aliphatic carbocycles. The highest BCUT2D eigenvalue weighted by Crippen LogP contribution is 2.19. The number of nitrogens with zero attached hydrogens (tertiary/aromatic N) is 4. The van der Waals surface area contributed by atoms with Gasteiger partial charge in [0.1, 0.15) is 12.1 Å². The number of methoxy groups -OCH3 is 1. The number of anilines is 1. The molecule has 6 nitrogen and oxygen atoms in total. The predicted molar refractivity (Wildman–Crippen MR) is 92.1 cm³/mol. The summed E-state index contributed by atoms with van der Waals surface area (Å²) in [6.45, 7) is 0. The topological polar surface area (TPSA) is 60.2 Å². The molecule has 0 atom stereocenters. The van der Waals surface area contributed by atoms with Gasteiger partial charge >= 0.3 is 0 Å². The molecular weight excluding hydrogens is 328 g/mol. The molecule has 3 rings (SSSR count). The molecule has 0 aliphatic heterocycles. The van der Waals surface area contributed by atoms with E-state index < -0.39 is 0 Å². The third-order valence-electron chi connectivity index (χ3n) is 3.54. The number of halogens is 1. The molecule has 0 fully saturated rings. The lowest BCUT2D eigenvalue weighted by molar-refractivity contribution is 0.0983. The molecule has 0 N–H and O–H groups in total. The van der Waals surface area contributed by atoms with Crippen LogP contribution in [0, 0.1) is 0 Å². The van der Waals surface area contributed by atoms with Crippen LogP contribution < -0.4 is 9.64 Å². The van der Waals surface area contributed by atoms with Crippen LogP contribution in [-0.2, 0) is 0 Å². The quantitative estimate of drug-likeness (QED) is 0.730. The number of carbonyl (C=O) groups excluding carboxylic acids is 1. The Labute approximate surface area is 144 Å². The Balaban J connectivity index is 1.80. The molecule has 1 heterocycles. The fraction of sp³-hybridized carbons (Fsp3) is 0.118. The van der Waals surface area contributed by atoms with Gasteiger partial charge in [0.15, 0.2) is 0 Å². The van der Waals surface area contributed by atoms with Crippen LogP contribution in [0.3, 0.4) is 0 Å². The van der Waals surface area contributed by atoms with Crippen molar-refractivity contribution in [2.75, 3.05) is 19.1 Å². The summed E-state index contributed by atoms with van der Waals surface area (Å²) in [6, 6.07) is 14.3. The molecule has 0 spiro atoms. The van der Waals surface area contributed by atoms with E-state index in [0.717, 1.165) is 17.1 Å². The zero-order valence-electron chi connectivity index (χ0n) is 13.2. The summed E-state index contributed by atoms with van der Waals surface area (Å²) in [5, 5.41) is 4.87. The second-order valence-corrected chi connectivity index (χ2v) is 5.49. The van der Waals surface area contributed by atoms with Gasteiger partial charge in [0.2, 0.25) is 5.82 Å². The smallest absolute Gasteiger partial charge is 0.297 e. The highest BCUT2D eigenvalue weighted by Gasteiger charge is 2.18. The molecule has 0 aliphatic rings. The maximum absolute atomic E-state index is 12.5. The predicted octanol–water partition coefficient (Wildman–Crippen LogP) is 3.21. The van der Waals surface area contributed by atoms with Crippen LogP contribution in [-0.4, -0.2) is 34.8 Å². The first-order valence-electron chi connectivity index (χ1n) is 7.18. The van der Waals surface area contributed by atoms with Crippen molar-refractivity contribution >= 4 is 23.2 Å². The molecule has 122 valence electrons. The molecule has 0 unspecified atom stereocenters. The number of hydrogen-bond acceptors (Lipinski definition) is 4. The van der Waals surface area contributed by atoms with E-state index in [9.17, 15) is 4.79 Å². The lowest BCUT2D eigenvalue weighted by Crippen LogP contribution is -2.27. The Bertz CT molecular complexity index is 844. The summed E-state index contributed by atoms with van der Waals surface area (Å²) in [5.41, 5.74) is 1.50. The monoisotopic (exact) mass is 342 g/mol. The fourth-order valence-electron chi connectivity index (χ4n) is 2.15. The number of hydrogen-bond donors (Lipinski definition) is 0. The summed E-state index contributed by atoms with van der Waals surface area (Å²) in [6.07, 6.45) is 1.50. The molecule has 2 aromatic carbocycles. The summed E-state index contributed by atoms with van der Waals surface area (Å²) in [7, 11) is 3.27. The first-order valence-corrected chi connectivity index (χ1v) is 7.56. The van der Waals surface area contributed by atoms with Gasteiger partial charge in [-0.05, 0) is 48.5 Å². The summed E-state index contributed by atoms with van der Waals surface area (Å²) < 4.78 is 6.65. The normalized spacial score (nSPS) is 10.5. The van der Waals surface area contributed by atoms with E-state index in [4.69, 9.17) is 16.3 Å². The number of carbonyl (C=O) groups is 1. The van der Waals surface area contributed by atoms with E-state index >= 15 is 0 Å². The first kappa shape index (κ1) is 16.0. The summed E-state index contributed by atoms with van der Waals surface area (Å²) in [4.78, 5) is 18.1. The Morgan fingerprint density at radius 1 is 1.12 bits per heavy atom. The maximum atomic E-state index is 12.5. The van der Waals surface area contributed by atoms with Gasteiger partial charge in [0.05, 0.1) is 12.8 Å². The highest BCUT2D eigenvalue weighted by atomic mass is 35.5. The number of aromatic nitrogens is 3. The van der Waals surface area contributed by atoms with Crippen molar-refractivity contribution in [3.63, 3.8) is 0 Å². The maximum Gasteiger partial charge on any atom is 0.297 e. The molecule has 1 aromatic heterocycles. The largest absolute Gasteiger partial charge is 0.497 e. The van der Waals surface area contributed by atoms with Crippen molar-refractivity contribution in [2.45, 2.75) is 0 Å². The van der Waals surface area contributed by atoms with Crippen molar-refractivity contribution in [1.82, 2.24) is 14.8 Å². The Morgan fingerprint density at radius 3 is 2.42 bits per heavy atom. The van der Waals surface area contributed by atoms with E-state index in [0.29, 0.717) is 5.02 Å². The van der Waals surface area contributed by atoms with E-state index in [2.05, 4.69) is 10.1 Å². The minimum atomic E-state index is -0.298. The molecule has 1 amide bonds. The Morgan fingerprint density at radius 2 is 1.79 bits per heavy atom. The van der Waals surface area contributed by atoms with Gasteiger partial charge < -0.3 is 9.64 Å². The van der Waals surface area contributed by atoms with Crippen LogP contribution in [0.4, 0.5) is 5.69 Å². The van der Waals surface area contributed by atoms with E-state index in [1.165, 1.54) is 15.9 Å². The molecule has 0 saturated heterocycles. The van der Waals surface area contributed by atoms with E-state index in [1.54, 1.807) is 62.7 Å². The summed E-state index contributed by atoms with van der Waals surface area (Å²) >= 11 is 5.87. The number of amides is 1. The van der Waals surface area contributed by atoms with Crippen LogP contribution in [0.2, 0.25) is 5.02 Å². The van der Waals surface area contributed by atoms with Gasteiger partial charge in [-0.1, -0.05) is 11.6 Å². The van der Waals surface area contributed by atoms with Crippen LogP contribution in [0.25, 0.3) is 5.69 Å². The SMILES string of the molecule is COc1ccc(N(C)C(=O)c2ncn(-c3ccc(Cl)cc3)n2)cc1. The standard InChI is InChI=1S/C17H15ClN4O2/c1-21(13-7-9-15(24-2)10-8-13)17(23)16-19-11-22(20-16)14-5-3-12(18)4-6-14/h3-11H,1-2H3. The minimum absolute atomic E-state index is 0.114. The zero-order chi connectivity index (χ0) is 17.1. The molecule has 0 radical (unpaired) electrons. The van der Waals surface area contributed by atoms with Crippen molar-refractivity contribution in [3.05, 3.63) is 65.7 Å². The lowest BCUT2D eigenvalue weighted by atomic mass is 10.3. The second-order valence-electron chi connectivity index (χ2n) is 5.05. The molecular formula is C17H15ClN4O2. The van der Waals surface area contributed by atoms with Gasteiger partial charge in [-0.2, -0.15) is 0 Å². The third kappa shape index (κ3) is 3.23. The third-order valence-corrected chi connectivity index (χ3v) is 3.79. The van der Waals surface area contributed by atoms with E-state index in [-0.39, 0.29) is 11.7 Å². The van der Waals surface area contributed by atoms with Crippen LogP contribution in [0.15, 0.2) is 54.9 Å². The van der Waals surface area contributed by atoms with Gasteiger partial charge in [-0.25, -0.2) is 9.67 Å². The molecule has 7 heteroatoms. The van der Waals surface area contributed by atoms with Gasteiger partial charge in [0, 0.05) is 17.8 Å². The summed E-state index contributed by atoms with van der Waals surface area (Å²) in [5.74, 6) is 0.542. The van der Waals surface area contributed by atoms with Gasteiger partial charge in [0.25, 0.3) is 5.91 Å². The highest BCUT2D eigenvalue weighted by molar-refractivity contribution is 6.30. The molecule has 24 heavy (non-hydrogen) atoms. The molecule has 3 aromatic rings. The number of ether oxygens (including phenoxy) is 1. The lowest BCUT2D eigenvalue weighted by Gasteiger charge is -2.15. The van der Waals surface area contributed by atoms with Crippen LogP contribution >= 0.6 is 11.6 Å². The van der Waals surface area contributed by atoms with Crippen molar-refractivity contribution in [1.29, 1.82) is 0 Å². The first-order chi connectivity index (χ1) is 11.6. The van der Waals surface area contributed by atoms with Crippen molar-refractivity contribution in [2.24, 2.45) is 0 Å². The zero-order valence-corrected chi connectivity index (χ0v) is 13.9. The van der Waals surface area contributed by atoms with Gasteiger partial charge in [-0.3, -0.25) is 4.79 Å². The Hall–Kier alpha value is -2.86. The van der Waals surface area contributed by atoms with Crippen LogP contribution in [0.5, 0.6) is 5.75 Å². The van der Waals surface area contributed by atoms with E-state index in [1.807, 2.05) is 0 Å². The van der Waals surface area contributed by atoms with Gasteiger partial charge in [-0.15, -0.1) is 5.10 Å². The molecule has 0 bridgehead atoms. The minimum Gasteiger partial charge on any atom is -0.497 e. The number of benzene rings is 2. The van der Waals surface area contributed by atoms with Crippen molar-refractivity contribution < 1.29 is 9.53 Å².